The van der Waals surface area contributed by atoms with Crippen molar-refractivity contribution < 1.29 is 56.8 Å². The van der Waals surface area contributed by atoms with Crippen LogP contribution in [0, 0.1) is 0 Å². The van der Waals surface area contributed by atoms with Crippen LogP contribution in [0.4, 0.5) is 0 Å². The van der Waals surface area contributed by atoms with Gasteiger partial charge in [-0.05, 0) is 48.6 Å². The molecule has 0 fully saturated rings. The maximum absolute atomic E-state index is 6.36. The van der Waals surface area contributed by atoms with Crippen molar-refractivity contribution >= 4 is 45.9 Å². The van der Waals surface area contributed by atoms with Crippen LogP contribution in [0.2, 0.25) is 0 Å². The molecule has 0 amide bonds. The molecule has 0 atom stereocenters. The van der Waals surface area contributed by atoms with E-state index < -0.39 is 0 Å². The molecule has 0 spiro atoms. The molecular weight excluding hydrogens is 921 g/mol. The van der Waals surface area contributed by atoms with Crippen LogP contribution < -0.4 is 56.8 Å². The summed E-state index contributed by atoms with van der Waals surface area (Å²) in [5.74, 6) is 5.32. The molecule has 0 unspecified atom stereocenters. The lowest BCUT2D eigenvalue weighted by atomic mass is 9.88. The lowest BCUT2D eigenvalue weighted by molar-refractivity contribution is 0.374. The second-order valence-corrected chi connectivity index (χ2v) is 16.2. The predicted molar refractivity (Wildman–Crippen MR) is 278 cm³/mol. The minimum absolute atomic E-state index is 0.386. The lowest BCUT2D eigenvalue weighted by Crippen LogP contribution is -2.02. The first-order chi connectivity index (χ1) is 35.1. The summed E-state index contributed by atoms with van der Waals surface area (Å²) in [7, 11) is 19.1. The van der Waals surface area contributed by atoms with Crippen molar-refractivity contribution in [3.63, 3.8) is 0 Å². The summed E-state index contributed by atoms with van der Waals surface area (Å²) in [5.41, 5.74) is 9.47. The van der Waals surface area contributed by atoms with E-state index in [2.05, 4.69) is 9.97 Å². The molecule has 9 rings (SSSR count). The Morgan fingerprint density at radius 2 is 0.681 bits per heavy atom. The number of ether oxygens (including phenoxy) is 12. The summed E-state index contributed by atoms with van der Waals surface area (Å²) in [5, 5.41) is 0. The van der Waals surface area contributed by atoms with Crippen LogP contribution in [0.25, 0.3) is 79.2 Å². The molecule has 0 aliphatic carbocycles. The molecule has 2 aliphatic rings. The minimum atomic E-state index is 0.386. The van der Waals surface area contributed by atoms with Crippen molar-refractivity contribution in [2.24, 2.45) is 0 Å². The molecule has 72 heavy (non-hydrogen) atoms. The zero-order chi connectivity index (χ0) is 50.8. The maximum Gasteiger partial charge on any atom is 0.134 e. The van der Waals surface area contributed by atoms with E-state index in [-0.39, 0.29) is 0 Å². The van der Waals surface area contributed by atoms with Crippen LogP contribution in [0.1, 0.15) is 28.3 Å². The second kappa shape index (κ2) is 20.2. The number of nitrogens with zero attached hydrogens (tertiary/aromatic N) is 2. The molecular formula is C56H54N4O12. The van der Waals surface area contributed by atoms with E-state index in [4.69, 9.17) is 66.8 Å². The van der Waals surface area contributed by atoms with Crippen molar-refractivity contribution in [2.45, 2.75) is 0 Å². The summed E-state index contributed by atoms with van der Waals surface area (Å²) < 4.78 is 73.5. The topological polar surface area (TPSA) is 168 Å². The molecule has 16 nitrogen and oxygen atoms in total. The molecule has 8 bridgehead atoms. The van der Waals surface area contributed by atoms with Gasteiger partial charge in [0.15, 0.2) is 0 Å². The Bertz CT molecular complexity index is 3380. The van der Waals surface area contributed by atoms with Crippen molar-refractivity contribution in [3.8, 4) is 102 Å². The van der Waals surface area contributed by atoms with Gasteiger partial charge < -0.3 is 66.8 Å². The van der Waals surface area contributed by atoms with Gasteiger partial charge in [-0.1, -0.05) is 0 Å². The van der Waals surface area contributed by atoms with Crippen molar-refractivity contribution in [3.05, 3.63) is 107 Å². The maximum atomic E-state index is 6.36. The van der Waals surface area contributed by atoms with E-state index >= 15 is 0 Å². The highest BCUT2D eigenvalue weighted by molar-refractivity contribution is 6.15. The van der Waals surface area contributed by atoms with Gasteiger partial charge in [0.05, 0.1) is 136 Å². The Morgan fingerprint density at radius 3 is 1.08 bits per heavy atom. The van der Waals surface area contributed by atoms with E-state index in [1.807, 2.05) is 48.6 Å². The van der Waals surface area contributed by atoms with Gasteiger partial charge in [-0.15, -0.1) is 0 Å². The Kier molecular flexibility index (Phi) is 13.5. The molecule has 4 aromatic carbocycles. The van der Waals surface area contributed by atoms with Gasteiger partial charge in [-0.25, -0.2) is 9.97 Å². The Morgan fingerprint density at radius 1 is 0.319 bits per heavy atom. The average molecular weight is 975 g/mol. The van der Waals surface area contributed by atoms with E-state index in [1.165, 1.54) is 0 Å². The van der Waals surface area contributed by atoms with Crippen LogP contribution in [0.3, 0.4) is 0 Å². The molecule has 370 valence electrons. The van der Waals surface area contributed by atoms with Gasteiger partial charge >= 0.3 is 0 Å². The number of H-pyrrole nitrogens is 2. The van der Waals surface area contributed by atoms with Crippen LogP contribution in [0.15, 0.2) is 78.9 Å². The van der Waals surface area contributed by atoms with E-state index in [9.17, 15) is 0 Å². The van der Waals surface area contributed by atoms with Crippen LogP contribution >= 0.6 is 0 Å². The zero-order valence-corrected chi connectivity index (χ0v) is 42.0. The molecule has 2 N–H and O–H groups in total. The van der Waals surface area contributed by atoms with Crippen LogP contribution in [-0.4, -0.2) is 105 Å². The fourth-order valence-electron chi connectivity index (χ4n) is 9.23. The third kappa shape index (κ3) is 8.50. The van der Waals surface area contributed by atoms with Crippen LogP contribution in [-0.2, 0) is 0 Å². The first-order valence-electron chi connectivity index (χ1n) is 22.5. The Balaban J connectivity index is 1.68. The van der Waals surface area contributed by atoms with Gasteiger partial charge in [-0.3, -0.25) is 0 Å². The van der Waals surface area contributed by atoms with Gasteiger partial charge in [0.2, 0.25) is 0 Å². The zero-order valence-electron chi connectivity index (χ0n) is 42.0. The van der Waals surface area contributed by atoms with Crippen molar-refractivity contribution in [2.75, 3.05) is 85.3 Å². The third-order valence-corrected chi connectivity index (χ3v) is 12.5. The predicted octanol–water partition coefficient (Wildman–Crippen LogP) is 11.2. The fraction of sp³-hybridized carbons (Fsp3) is 0.214. The quantitative estimate of drug-likeness (QED) is 0.0938. The van der Waals surface area contributed by atoms with Crippen molar-refractivity contribution in [1.29, 1.82) is 0 Å². The minimum Gasteiger partial charge on any atom is -0.496 e. The SMILES string of the molecule is COc1cc(OC)c(C2=Cc3cc4ccc(cc5nc(cc6[nH]c(c(-c7c(OC)cc(OC)cc7OC)c2n3)c(-c2c(OC)cc(OC)cc2OC)c6-c2c(OC)cc(OC)cc2OC)C=C5)[nH]4)c(OC)c1. The summed E-state index contributed by atoms with van der Waals surface area (Å²) >= 11 is 0. The number of methoxy groups -OCH3 is 12. The second-order valence-electron chi connectivity index (χ2n) is 16.2. The molecule has 2 aliphatic heterocycles. The standard InChI is InChI=1S/C56H54N4O12/c1-61-34-21-40(65-5)48(41(22-34)66-6)38-19-33-18-31-14-13-29(57-31)17-30-15-16-32(58-30)20-39-49(50-42(67-7)23-35(62-2)24-43(50)68-8)53(51-44(69-9)25-36(63-3)26-45(51)70-10)56(60-39)54(55(38)59-33)52-46(71-11)27-37(64-4)28-47(52)72-12/h13-28,57,60H,1-12H3. The molecule has 0 saturated heterocycles. The smallest absolute Gasteiger partial charge is 0.134 e. The summed E-state index contributed by atoms with van der Waals surface area (Å²) in [6.07, 6.45) is 5.89. The highest BCUT2D eigenvalue weighted by atomic mass is 16.5. The third-order valence-electron chi connectivity index (χ3n) is 12.5. The fourth-order valence-corrected chi connectivity index (χ4v) is 9.23. The largest absolute Gasteiger partial charge is 0.496 e. The normalized spacial score (nSPS) is 11.6. The summed E-state index contributed by atoms with van der Waals surface area (Å²) in [4.78, 5) is 18.1. The highest BCUT2D eigenvalue weighted by Crippen LogP contribution is 2.57. The van der Waals surface area contributed by atoms with Gasteiger partial charge in [-0.2, -0.15) is 0 Å². The molecule has 0 radical (unpaired) electrons. The Labute approximate surface area is 416 Å². The number of fused-ring (bicyclic) bond motifs is 8. The average Bonchev–Trinajstić information content (AvgIpc) is 4.24. The monoisotopic (exact) mass is 974 g/mol. The first kappa shape index (κ1) is 48.1. The molecule has 5 heterocycles. The first-order valence-corrected chi connectivity index (χ1v) is 22.5. The van der Waals surface area contributed by atoms with Gasteiger partial charge in [0, 0.05) is 87.3 Å². The van der Waals surface area contributed by atoms with Crippen molar-refractivity contribution in [1.82, 2.24) is 19.9 Å². The van der Waals surface area contributed by atoms with Gasteiger partial charge in [0.1, 0.15) is 69.0 Å². The number of benzene rings is 4. The van der Waals surface area contributed by atoms with E-state index in [0.29, 0.717) is 142 Å². The number of nitrogens with one attached hydrogen (secondary N) is 2. The number of aromatic amines is 2. The molecule has 7 aromatic rings. The van der Waals surface area contributed by atoms with Crippen LogP contribution in [0.5, 0.6) is 69.0 Å². The molecule has 3 aromatic heterocycles. The summed E-state index contributed by atoms with van der Waals surface area (Å²) in [6.45, 7) is 0. The Hall–Kier alpha value is -8.92. The highest BCUT2D eigenvalue weighted by Gasteiger charge is 2.34. The van der Waals surface area contributed by atoms with Gasteiger partial charge in [0.25, 0.3) is 0 Å². The van der Waals surface area contributed by atoms with E-state index in [1.54, 1.807) is 134 Å². The lowest BCUT2D eigenvalue weighted by Gasteiger charge is -2.21. The number of hydrogen-bond acceptors (Lipinski definition) is 14. The molecule has 0 saturated carbocycles. The number of rotatable bonds is 16. The number of hydrogen-bond donors (Lipinski definition) is 2. The summed E-state index contributed by atoms with van der Waals surface area (Å²) in [6, 6.07) is 24.3. The molecule has 16 heteroatoms. The van der Waals surface area contributed by atoms with E-state index in [0.717, 1.165) is 16.7 Å². The number of aromatic nitrogens is 4.